The van der Waals surface area contributed by atoms with Gasteiger partial charge in [-0.1, -0.05) is 41.4 Å². The molecule has 2 N–H and O–H groups in total. The summed E-state index contributed by atoms with van der Waals surface area (Å²) in [4.78, 5) is 4.31. The Hall–Kier alpha value is -3.05. The lowest BCUT2D eigenvalue weighted by Gasteiger charge is -2.12. The van der Waals surface area contributed by atoms with Gasteiger partial charge in [0.1, 0.15) is 17.5 Å². The molecule has 3 rings (SSSR count). The van der Waals surface area contributed by atoms with E-state index in [1.807, 2.05) is 0 Å². The molecular weight excluding hydrogens is 355 g/mol. The van der Waals surface area contributed by atoms with Crippen LogP contribution >= 0.6 is 23.2 Å². The molecule has 0 saturated carbocycles. The van der Waals surface area contributed by atoms with E-state index in [2.05, 4.69) is 17.1 Å². The molecule has 0 amide bonds. The van der Waals surface area contributed by atoms with Gasteiger partial charge in [-0.3, -0.25) is 0 Å². The van der Waals surface area contributed by atoms with Crippen LogP contribution in [0.25, 0.3) is 22.4 Å². The molecule has 0 fully saturated rings. The van der Waals surface area contributed by atoms with Crippen molar-refractivity contribution in [3.63, 3.8) is 0 Å². The molecule has 0 radical (unpaired) electrons. The fourth-order valence-electron chi connectivity index (χ4n) is 2.47. The highest BCUT2D eigenvalue weighted by Crippen LogP contribution is 2.36. The summed E-state index contributed by atoms with van der Waals surface area (Å²) in [5.74, 6) is 0.116. The number of benzene rings is 2. The van der Waals surface area contributed by atoms with E-state index in [4.69, 9.17) is 34.2 Å². The Bertz CT molecular complexity index is 1040. The van der Waals surface area contributed by atoms with Crippen molar-refractivity contribution in [1.82, 2.24) is 4.98 Å². The van der Waals surface area contributed by atoms with Crippen molar-refractivity contribution >= 4 is 29.0 Å². The van der Waals surface area contributed by atoms with Gasteiger partial charge in [-0.15, -0.1) is 0 Å². The lowest BCUT2D eigenvalue weighted by molar-refractivity contribution is 1.31. The fourth-order valence-corrected chi connectivity index (χ4v) is 2.98. The van der Waals surface area contributed by atoms with Crippen molar-refractivity contribution < 1.29 is 0 Å². The molecule has 0 bridgehead atoms. The highest BCUT2D eigenvalue weighted by atomic mass is 35.5. The van der Waals surface area contributed by atoms with E-state index >= 15 is 0 Å². The maximum Gasteiger partial charge on any atom is 0.142 e. The number of rotatable bonds is 2. The first-order valence-corrected chi connectivity index (χ1v) is 7.95. The highest BCUT2D eigenvalue weighted by Gasteiger charge is 2.15. The molecule has 3 aromatic rings. The molecule has 2 aromatic carbocycles. The maximum absolute atomic E-state index is 9.46. The van der Waals surface area contributed by atoms with E-state index < -0.39 is 0 Å². The van der Waals surface area contributed by atoms with Gasteiger partial charge in [0, 0.05) is 26.7 Å². The molecule has 0 atom stereocenters. The quantitative estimate of drug-likeness (QED) is 0.689. The molecule has 6 heteroatoms. The lowest BCUT2D eigenvalue weighted by atomic mass is 9.98. The van der Waals surface area contributed by atoms with Crippen LogP contribution in [0, 0.1) is 22.7 Å². The zero-order valence-electron chi connectivity index (χ0n) is 12.8. The molecule has 0 aliphatic rings. The average molecular weight is 365 g/mol. The molecule has 0 aliphatic carbocycles. The second-order valence-electron chi connectivity index (χ2n) is 5.24. The summed E-state index contributed by atoms with van der Waals surface area (Å²) in [6, 6.07) is 17.9. The number of nitrogens with zero attached hydrogens (tertiary/aromatic N) is 3. The minimum absolute atomic E-state index is 0.116. The van der Waals surface area contributed by atoms with Gasteiger partial charge in [-0.25, -0.2) is 4.98 Å². The van der Waals surface area contributed by atoms with Crippen LogP contribution in [0.4, 0.5) is 5.82 Å². The summed E-state index contributed by atoms with van der Waals surface area (Å²) in [5, 5.41) is 19.3. The molecule has 120 valence electrons. The molecule has 0 aliphatic heterocycles. The molecule has 1 heterocycles. The van der Waals surface area contributed by atoms with Crippen LogP contribution in [0.3, 0.4) is 0 Å². The third-order valence-corrected chi connectivity index (χ3v) is 4.24. The second-order valence-corrected chi connectivity index (χ2v) is 6.08. The highest BCUT2D eigenvalue weighted by molar-refractivity contribution is 6.36. The monoisotopic (exact) mass is 364 g/mol. The predicted octanol–water partition coefficient (Wildman–Crippen LogP) is 5.05. The zero-order chi connectivity index (χ0) is 18.0. The SMILES string of the molecule is N#Cc1ccc(-c2cc(-c3ccc(Cl)cc3Cl)c(C#N)c(N)n2)cc1. The Morgan fingerprint density at radius 1 is 0.880 bits per heavy atom. The lowest BCUT2D eigenvalue weighted by Crippen LogP contribution is -2.00. The van der Waals surface area contributed by atoms with Crippen LogP contribution in [0.1, 0.15) is 11.1 Å². The normalized spacial score (nSPS) is 10.1. The molecule has 25 heavy (non-hydrogen) atoms. The van der Waals surface area contributed by atoms with Crippen LogP contribution < -0.4 is 5.73 Å². The first kappa shape index (κ1) is 16.8. The summed E-state index contributed by atoms with van der Waals surface area (Å²) in [6.07, 6.45) is 0. The van der Waals surface area contributed by atoms with E-state index in [1.54, 1.807) is 48.5 Å². The molecule has 1 aromatic heterocycles. The summed E-state index contributed by atoms with van der Waals surface area (Å²) in [7, 11) is 0. The van der Waals surface area contributed by atoms with Gasteiger partial charge in [-0.05, 0) is 30.3 Å². The van der Waals surface area contributed by atoms with E-state index in [9.17, 15) is 5.26 Å². The predicted molar refractivity (Wildman–Crippen MR) is 99.0 cm³/mol. The largest absolute Gasteiger partial charge is 0.383 e. The smallest absolute Gasteiger partial charge is 0.142 e. The number of hydrogen-bond acceptors (Lipinski definition) is 4. The van der Waals surface area contributed by atoms with Gasteiger partial charge in [0.2, 0.25) is 0 Å². The standard InChI is InChI=1S/C19H10Cl2N4/c20-13-5-6-14(17(21)7-13)15-8-18(25-19(24)16(15)10-23)12-3-1-11(9-22)2-4-12/h1-8H,(H2,24,25). The van der Waals surface area contributed by atoms with Gasteiger partial charge < -0.3 is 5.73 Å². The van der Waals surface area contributed by atoms with E-state index in [-0.39, 0.29) is 11.4 Å². The van der Waals surface area contributed by atoms with Gasteiger partial charge in [0.05, 0.1) is 17.3 Å². The minimum Gasteiger partial charge on any atom is -0.383 e. The van der Waals surface area contributed by atoms with Crippen LogP contribution in [0.5, 0.6) is 0 Å². The van der Waals surface area contributed by atoms with E-state index in [1.165, 1.54) is 0 Å². The van der Waals surface area contributed by atoms with Crippen LogP contribution in [0.15, 0.2) is 48.5 Å². The Balaban J connectivity index is 2.22. The minimum atomic E-state index is 0.116. The summed E-state index contributed by atoms with van der Waals surface area (Å²) < 4.78 is 0. The van der Waals surface area contributed by atoms with Crippen molar-refractivity contribution in [3.05, 3.63) is 69.7 Å². The molecule has 0 spiro atoms. The zero-order valence-corrected chi connectivity index (χ0v) is 14.3. The summed E-state index contributed by atoms with van der Waals surface area (Å²) >= 11 is 12.2. The second kappa shape index (κ2) is 6.83. The van der Waals surface area contributed by atoms with Crippen LogP contribution in [-0.4, -0.2) is 4.98 Å². The number of nitrogen functional groups attached to an aromatic ring is 1. The van der Waals surface area contributed by atoms with E-state index in [0.29, 0.717) is 32.4 Å². The van der Waals surface area contributed by atoms with Gasteiger partial charge in [0.15, 0.2) is 0 Å². The molecular formula is C19H10Cl2N4. The molecule has 0 unspecified atom stereocenters. The number of pyridine rings is 1. The van der Waals surface area contributed by atoms with Crippen molar-refractivity contribution in [3.8, 4) is 34.5 Å². The van der Waals surface area contributed by atoms with Crippen molar-refractivity contribution in [2.45, 2.75) is 0 Å². The Morgan fingerprint density at radius 3 is 2.20 bits per heavy atom. The third kappa shape index (κ3) is 3.27. The Kier molecular flexibility index (Phi) is 4.59. The Morgan fingerprint density at radius 2 is 1.60 bits per heavy atom. The number of hydrogen-bond donors (Lipinski definition) is 1. The number of aromatic nitrogens is 1. The fraction of sp³-hybridized carbons (Fsp3) is 0. The average Bonchev–Trinajstić information content (AvgIpc) is 2.61. The maximum atomic E-state index is 9.46. The summed E-state index contributed by atoms with van der Waals surface area (Å²) in [5.41, 5.74) is 9.38. The molecule has 0 saturated heterocycles. The van der Waals surface area contributed by atoms with Gasteiger partial charge >= 0.3 is 0 Å². The Labute approximate surface area is 154 Å². The topological polar surface area (TPSA) is 86.5 Å². The first-order valence-electron chi connectivity index (χ1n) is 7.20. The van der Waals surface area contributed by atoms with Crippen molar-refractivity contribution in [2.24, 2.45) is 0 Å². The number of halogens is 2. The van der Waals surface area contributed by atoms with E-state index in [0.717, 1.165) is 5.56 Å². The van der Waals surface area contributed by atoms with Crippen molar-refractivity contribution in [2.75, 3.05) is 5.73 Å². The first-order chi connectivity index (χ1) is 12.0. The number of nitrogens with two attached hydrogens (primary N) is 1. The van der Waals surface area contributed by atoms with Crippen LogP contribution in [-0.2, 0) is 0 Å². The molecule has 4 nitrogen and oxygen atoms in total. The van der Waals surface area contributed by atoms with Crippen LogP contribution in [0.2, 0.25) is 10.0 Å². The summed E-state index contributed by atoms with van der Waals surface area (Å²) in [6.45, 7) is 0. The van der Waals surface area contributed by atoms with Crippen molar-refractivity contribution in [1.29, 1.82) is 10.5 Å². The number of anilines is 1. The number of nitriles is 2. The van der Waals surface area contributed by atoms with Gasteiger partial charge in [0.25, 0.3) is 0 Å². The van der Waals surface area contributed by atoms with Gasteiger partial charge in [-0.2, -0.15) is 10.5 Å². The third-order valence-electron chi connectivity index (χ3n) is 3.69.